The van der Waals surface area contributed by atoms with Crippen molar-refractivity contribution in [2.45, 2.75) is 9.79 Å². The second-order valence-electron chi connectivity index (χ2n) is 6.87. The lowest BCUT2D eigenvalue weighted by Gasteiger charge is -2.15. The van der Waals surface area contributed by atoms with Crippen molar-refractivity contribution in [1.82, 2.24) is 4.57 Å². The fourth-order valence-electron chi connectivity index (χ4n) is 3.35. The number of hydroxylamine groups is 1. The Morgan fingerprint density at radius 3 is 2.41 bits per heavy atom. The van der Waals surface area contributed by atoms with E-state index < -0.39 is 20.8 Å². The monoisotopic (exact) mass is 467 g/mol. The molecular weight excluding hydrogens is 450 g/mol. The third-order valence-corrected chi connectivity index (χ3v) is 7.04. The third kappa shape index (κ3) is 4.09. The van der Waals surface area contributed by atoms with Crippen LogP contribution in [0.2, 0.25) is 0 Å². The first-order valence-corrected chi connectivity index (χ1v) is 11.9. The molecule has 4 rings (SSSR count). The van der Waals surface area contributed by atoms with Crippen molar-refractivity contribution in [2.75, 3.05) is 12.1 Å². The Morgan fingerprint density at radius 1 is 0.969 bits per heavy atom. The molecule has 3 aromatic carbocycles. The summed E-state index contributed by atoms with van der Waals surface area (Å²) in [5, 5.41) is 11.1. The Bertz CT molecular complexity index is 1540. The van der Waals surface area contributed by atoms with Gasteiger partial charge in [0.15, 0.2) is 0 Å². The maximum atomic E-state index is 13.1. The summed E-state index contributed by atoms with van der Waals surface area (Å²) in [5.74, 6) is 0. The van der Waals surface area contributed by atoms with Crippen LogP contribution >= 0.6 is 0 Å². The molecule has 0 radical (unpaired) electrons. The lowest BCUT2D eigenvalue weighted by Crippen LogP contribution is -2.16. The van der Waals surface area contributed by atoms with Gasteiger partial charge in [-0.2, -0.15) is 9.55 Å². The summed E-state index contributed by atoms with van der Waals surface area (Å²) in [4.78, 5) is 0.130. The van der Waals surface area contributed by atoms with Gasteiger partial charge in [0.2, 0.25) is 9.84 Å². The first-order valence-electron chi connectivity index (χ1n) is 9.32. The number of hydrogen-bond acceptors (Lipinski definition) is 7. The smallest absolute Gasteiger partial charge is 0.277 e. The summed E-state index contributed by atoms with van der Waals surface area (Å²) in [6, 6.07) is 21.4. The summed E-state index contributed by atoms with van der Waals surface area (Å²) in [6.45, 7) is 0. The van der Waals surface area contributed by atoms with Crippen LogP contribution in [0.5, 0.6) is 0 Å². The number of nitrogens with zero attached hydrogens (tertiary/aromatic N) is 3. The number of hydrogen-bond donors (Lipinski definition) is 1. The molecule has 0 aliphatic heterocycles. The topological polar surface area (TPSA) is 109 Å². The SMILES string of the molecule is CN(O[SH](=O)=O)c1ccc2ccn(-c3cccc(S(=O)(=O)c4cccc(C#N)c4)c3)c2c1. The van der Waals surface area contributed by atoms with Crippen LogP contribution in [0, 0.1) is 11.3 Å². The number of thiol groups is 1. The van der Waals surface area contributed by atoms with Crippen LogP contribution < -0.4 is 5.06 Å². The molecule has 0 bridgehead atoms. The fraction of sp³-hybridized carbons (Fsp3) is 0.0455. The average molecular weight is 468 g/mol. The van der Waals surface area contributed by atoms with E-state index in [1.165, 1.54) is 31.3 Å². The van der Waals surface area contributed by atoms with Crippen molar-refractivity contribution in [2.24, 2.45) is 0 Å². The van der Waals surface area contributed by atoms with Gasteiger partial charge in [0.25, 0.3) is 11.0 Å². The minimum absolute atomic E-state index is 0.0406. The highest BCUT2D eigenvalue weighted by Gasteiger charge is 2.19. The Labute approximate surface area is 186 Å². The second-order valence-corrected chi connectivity index (χ2v) is 9.43. The molecule has 1 heterocycles. The van der Waals surface area contributed by atoms with Crippen LogP contribution in [0.3, 0.4) is 0 Å². The third-order valence-electron chi connectivity index (χ3n) is 4.91. The summed E-state index contributed by atoms with van der Waals surface area (Å²) < 4.78 is 54.5. The zero-order valence-corrected chi connectivity index (χ0v) is 18.5. The van der Waals surface area contributed by atoms with Crippen molar-refractivity contribution in [3.63, 3.8) is 0 Å². The van der Waals surface area contributed by atoms with Crippen LogP contribution in [-0.4, -0.2) is 28.5 Å². The van der Waals surface area contributed by atoms with Gasteiger partial charge in [-0.15, -0.1) is 0 Å². The molecule has 4 aromatic rings. The quantitative estimate of drug-likeness (QED) is 0.342. The van der Waals surface area contributed by atoms with Crippen molar-refractivity contribution in [3.05, 3.63) is 84.6 Å². The highest BCUT2D eigenvalue weighted by molar-refractivity contribution is 7.91. The Balaban J connectivity index is 1.79. The van der Waals surface area contributed by atoms with Gasteiger partial charge in [-0.1, -0.05) is 18.2 Å². The molecule has 0 saturated carbocycles. The van der Waals surface area contributed by atoms with E-state index in [-0.39, 0.29) is 15.4 Å². The lowest BCUT2D eigenvalue weighted by molar-refractivity contribution is 0.320. The molecule has 1 aromatic heterocycles. The standard InChI is InChI=1S/C22H17N3O5S2/c1-24(30-31(26)27)18-9-8-17-10-11-25(22(17)14-18)19-5-3-7-21(13-19)32(28,29)20-6-2-4-16(12-20)15-23/h2-14,31H,1H3. The summed E-state index contributed by atoms with van der Waals surface area (Å²) >= 11 is 0. The van der Waals surface area contributed by atoms with E-state index in [4.69, 9.17) is 9.55 Å². The molecule has 0 aliphatic rings. The van der Waals surface area contributed by atoms with E-state index in [2.05, 4.69) is 0 Å². The van der Waals surface area contributed by atoms with Gasteiger partial charge < -0.3 is 4.57 Å². The number of aromatic nitrogens is 1. The Hall–Kier alpha value is -3.65. The molecule has 0 aliphatic carbocycles. The fourth-order valence-corrected chi connectivity index (χ4v) is 4.99. The molecule has 0 unspecified atom stereocenters. The van der Waals surface area contributed by atoms with E-state index >= 15 is 0 Å². The van der Waals surface area contributed by atoms with Crippen LogP contribution in [0.15, 0.2) is 88.8 Å². The summed E-state index contributed by atoms with van der Waals surface area (Å²) in [5.41, 5.74) is 2.11. The Morgan fingerprint density at radius 2 is 1.69 bits per heavy atom. The predicted octanol–water partition coefficient (Wildman–Crippen LogP) is 3.23. The molecule has 10 heteroatoms. The average Bonchev–Trinajstić information content (AvgIpc) is 3.22. The van der Waals surface area contributed by atoms with Crippen molar-refractivity contribution in [3.8, 4) is 11.8 Å². The van der Waals surface area contributed by atoms with E-state index in [9.17, 15) is 16.8 Å². The molecule has 0 atom stereocenters. The van der Waals surface area contributed by atoms with Crippen molar-refractivity contribution >= 4 is 37.4 Å². The molecule has 0 saturated heterocycles. The molecule has 0 spiro atoms. The van der Waals surface area contributed by atoms with E-state index in [0.717, 1.165) is 16.0 Å². The van der Waals surface area contributed by atoms with Gasteiger partial charge in [0.1, 0.15) is 0 Å². The normalized spacial score (nSPS) is 11.5. The van der Waals surface area contributed by atoms with E-state index in [1.54, 1.807) is 47.2 Å². The highest BCUT2D eigenvalue weighted by atomic mass is 32.2. The van der Waals surface area contributed by atoms with Gasteiger partial charge in [-0.3, -0.25) is 0 Å². The number of nitriles is 1. The zero-order valence-electron chi connectivity index (χ0n) is 16.7. The molecule has 0 fully saturated rings. The van der Waals surface area contributed by atoms with Crippen LogP contribution in [0.4, 0.5) is 5.69 Å². The molecule has 162 valence electrons. The van der Waals surface area contributed by atoms with Crippen molar-refractivity contribution < 1.29 is 21.1 Å². The number of benzene rings is 3. The van der Waals surface area contributed by atoms with Gasteiger partial charge in [0.05, 0.1) is 32.6 Å². The molecule has 32 heavy (non-hydrogen) atoms. The van der Waals surface area contributed by atoms with Crippen LogP contribution in [-0.2, 0) is 25.1 Å². The molecule has 0 amide bonds. The van der Waals surface area contributed by atoms with Crippen LogP contribution in [0.1, 0.15) is 5.56 Å². The number of rotatable bonds is 6. The van der Waals surface area contributed by atoms with Gasteiger partial charge >= 0.3 is 0 Å². The first-order chi connectivity index (χ1) is 15.3. The van der Waals surface area contributed by atoms with Crippen molar-refractivity contribution in [1.29, 1.82) is 5.26 Å². The largest absolute Gasteiger partial charge is 0.316 e. The molecular formula is C22H17N3O5S2. The van der Waals surface area contributed by atoms with Gasteiger partial charge in [-0.25, -0.2) is 21.9 Å². The Kier molecular flexibility index (Phi) is 5.71. The minimum atomic E-state index is -3.83. The number of anilines is 1. The number of fused-ring (bicyclic) bond motifs is 1. The first kappa shape index (κ1) is 21.6. The number of sulfone groups is 1. The van der Waals surface area contributed by atoms with E-state index in [1.807, 2.05) is 18.2 Å². The molecule has 0 N–H and O–H groups in total. The van der Waals surface area contributed by atoms with Gasteiger partial charge in [-0.05, 0) is 54.6 Å². The van der Waals surface area contributed by atoms with Crippen LogP contribution in [0.25, 0.3) is 16.6 Å². The summed E-state index contributed by atoms with van der Waals surface area (Å²) in [7, 11) is -5.42. The maximum Gasteiger partial charge on any atom is 0.277 e. The maximum absolute atomic E-state index is 13.1. The van der Waals surface area contributed by atoms with Gasteiger partial charge in [0, 0.05) is 24.3 Å². The summed E-state index contributed by atoms with van der Waals surface area (Å²) in [6.07, 6.45) is 1.80. The minimum Gasteiger partial charge on any atom is -0.316 e. The highest BCUT2D eigenvalue weighted by Crippen LogP contribution is 2.28. The predicted molar refractivity (Wildman–Crippen MR) is 120 cm³/mol. The van der Waals surface area contributed by atoms with E-state index in [0.29, 0.717) is 11.4 Å². The zero-order chi connectivity index (χ0) is 22.9. The lowest BCUT2D eigenvalue weighted by atomic mass is 10.2. The second kappa shape index (κ2) is 8.47. The molecule has 8 nitrogen and oxygen atoms in total.